The van der Waals surface area contributed by atoms with Gasteiger partial charge in [-0.1, -0.05) is 19.3 Å². The first-order valence-electron chi connectivity index (χ1n) is 6.98. The van der Waals surface area contributed by atoms with Crippen molar-refractivity contribution >= 4 is 11.8 Å². The van der Waals surface area contributed by atoms with Crippen molar-refractivity contribution in [3.8, 4) is 5.88 Å². The van der Waals surface area contributed by atoms with Crippen LogP contribution in [-0.2, 0) is 4.79 Å². The van der Waals surface area contributed by atoms with E-state index in [9.17, 15) is 9.90 Å². The predicted octanol–water partition coefficient (Wildman–Crippen LogP) is 2.24. The molecule has 1 aromatic rings. The van der Waals surface area contributed by atoms with Crippen LogP contribution < -0.4 is 10.1 Å². The third-order valence-corrected chi connectivity index (χ3v) is 3.89. The summed E-state index contributed by atoms with van der Waals surface area (Å²) < 4.78 is 5.17. The summed E-state index contributed by atoms with van der Waals surface area (Å²) in [5.41, 5.74) is 0.809. The average molecular weight is 279 g/mol. The number of nitrogens with zero attached hydrogens (tertiary/aromatic N) is 2. The van der Waals surface area contributed by atoms with Gasteiger partial charge in [-0.15, -0.1) is 0 Å². The summed E-state index contributed by atoms with van der Waals surface area (Å²) in [7, 11) is 1.56. The van der Waals surface area contributed by atoms with Crippen LogP contribution in [0, 0.1) is 12.8 Å². The SMILES string of the molecule is COc1ncnc(NC2CCCCCC2C(=O)O)c1C. The lowest BCUT2D eigenvalue weighted by Gasteiger charge is -2.24. The van der Waals surface area contributed by atoms with Crippen LogP contribution in [0.25, 0.3) is 0 Å². The third kappa shape index (κ3) is 3.18. The zero-order valence-corrected chi connectivity index (χ0v) is 11.9. The van der Waals surface area contributed by atoms with Gasteiger partial charge in [0, 0.05) is 6.04 Å². The van der Waals surface area contributed by atoms with E-state index in [0.29, 0.717) is 18.1 Å². The molecule has 0 aromatic carbocycles. The van der Waals surface area contributed by atoms with Crippen LogP contribution in [0.4, 0.5) is 5.82 Å². The first-order valence-corrected chi connectivity index (χ1v) is 6.98. The van der Waals surface area contributed by atoms with E-state index in [-0.39, 0.29) is 12.0 Å². The number of ether oxygens (including phenoxy) is 1. The fourth-order valence-electron chi connectivity index (χ4n) is 2.74. The Morgan fingerprint density at radius 3 is 2.80 bits per heavy atom. The molecule has 2 atom stereocenters. The van der Waals surface area contributed by atoms with Gasteiger partial charge in [0.25, 0.3) is 0 Å². The Balaban J connectivity index is 2.19. The van der Waals surface area contributed by atoms with Gasteiger partial charge in [-0.3, -0.25) is 4.79 Å². The molecule has 6 heteroatoms. The number of methoxy groups -OCH3 is 1. The number of hydrogen-bond donors (Lipinski definition) is 2. The highest BCUT2D eigenvalue weighted by molar-refractivity contribution is 5.71. The van der Waals surface area contributed by atoms with Crippen LogP contribution in [-0.4, -0.2) is 34.2 Å². The van der Waals surface area contributed by atoms with Crippen molar-refractivity contribution in [2.45, 2.75) is 45.1 Å². The maximum atomic E-state index is 11.4. The number of carbonyl (C=O) groups is 1. The minimum absolute atomic E-state index is 0.0895. The summed E-state index contributed by atoms with van der Waals surface area (Å²) in [5, 5.41) is 12.7. The van der Waals surface area contributed by atoms with Crippen LogP contribution in [0.2, 0.25) is 0 Å². The minimum Gasteiger partial charge on any atom is -0.481 e. The molecule has 2 unspecified atom stereocenters. The maximum absolute atomic E-state index is 11.4. The fraction of sp³-hybridized carbons (Fsp3) is 0.643. The van der Waals surface area contributed by atoms with Gasteiger partial charge in [-0.05, 0) is 19.8 Å². The third-order valence-electron chi connectivity index (χ3n) is 3.89. The number of anilines is 1. The summed E-state index contributed by atoms with van der Waals surface area (Å²) >= 11 is 0. The molecule has 1 aliphatic rings. The molecule has 0 saturated heterocycles. The summed E-state index contributed by atoms with van der Waals surface area (Å²) in [6.45, 7) is 1.87. The summed E-state index contributed by atoms with van der Waals surface area (Å²) in [6, 6.07) is -0.0895. The Morgan fingerprint density at radius 2 is 2.10 bits per heavy atom. The van der Waals surface area contributed by atoms with Crippen molar-refractivity contribution in [2.24, 2.45) is 5.92 Å². The van der Waals surface area contributed by atoms with Gasteiger partial charge in [0.2, 0.25) is 5.88 Å². The van der Waals surface area contributed by atoms with Gasteiger partial charge in [-0.25, -0.2) is 9.97 Å². The topological polar surface area (TPSA) is 84.3 Å². The Hall–Kier alpha value is -1.85. The smallest absolute Gasteiger partial charge is 0.308 e. The molecule has 6 nitrogen and oxygen atoms in total. The molecule has 0 spiro atoms. The maximum Gasteiger partial charge on any atom is 0.308 e. The van der Waals surface area contributed by atoms with E-state index >= 15 is 0 Å². The molecule has 1 fully saturated rings. The number of carboxylic acids is 1. The first-order chi connectivity index (χ1) is 9.63. The molecule has 1 saturated carbocycles. The number of rotatable bonds is 4. The normalized spacial score (nSPS) is 22.9. The molecule has 20 heavy (non-hydrogen) atoms. The van der Waals surface area contributed by atoms with Crippen molar-refractivity contribution in [3.05, 3.63) is 11.9 Å². The van der Waals surface area contributed by atoms with Crippen molar-refractivity contribution < 1.29 is 14.6 Å². The lowest BCUT2D eigenvalue weighted by Crippen LogP contribution is -2.34. The Bertz CT molecular complexity index is 479. The second kappa shape index (κ2) is 6.54. The number of aliphatic carboxylic acids is 1. The minimum atomic E-state index is -0.733. The average Bonchev–Trinajstić information content (AvgIpc) is 2.66. The van der Waals surface area contributed by atoms with Gasteiger partial charge in [0.1, 0.15) is 12.1 Å². The van der Waals surface area contributed by atoms with Crippen LogP contribution in [0.15, 0.2) is 6.33 Å². The summed E-state index contributed by atoms with van der Waals surface area (Å²) in [6.07, 6.45) is 6.11. The van der Waals surface area contributed by atoms with E-state index in [4.69, 9.17) is 4.74 Å². The molecule has 0 bridgehead atoms. The van der Waals surface area contributed by atoms with E-state index in [0.717, 1.165) is 31.2 Å². The molecule has 110 valence electrons. The van der Waals surface area contributed by atoms with Crippen molar-refractivity contribution in [1.82, 2.24) is 9.97 Å². The van der Waals surface area contributed by atoms with Gasteiger partial charge in [-0.2, -0.15) is 0 Å². The van der Waals surface area contributed by atoms with E-state index in [1.807, 2.05) is 6.92 Å². The van der Waals surface area contributed by atoms with Crippen molar-refractivity contribution in [3.63, 3.8) is 0 Å². The molecule has 0 radical (unpaired) electrons. The van der Waals surface area contributed by atoms with Gasteiger partial charge < -0.3 is 15.2 Å². The lowest BCUT2D eigenvalue weighted by molar-refractivity contribution is -0.142. The quantitative estimate of drug-likeness (QED) is 0.822. The first kappa shape index (κ1) is 14.6. The van der Waals surface area contributed by atoms with Crippen molar-refractivity contribution in [2.75, 3.05) is 12.4 Å². The van der Waals surface area contributed by atoms with Gasteiger partial charge >= 0.3 is 5.97 Å². The number of aromatic nitrogens is 2. The van der Waals surface area contributed by atoms with Crippen LogP contribution in [0.3, 0.4) is 0 Å². The van der Waals surface area contributed by atoms with Crippen LogP contribution in [0.1, 0.15) is 37.7 Å². The van der Waals surface area contributed by atoms with E-state index in [1.165, 1.54) is 6.33 Å². The van der Waals surface area contributed by atoms with Gasteiger partial charge in [0.15, 0.2) is 0 Å². The molecule has 2 rings (SSSR count). The zero-order valence-electron chi connectivity index (χ0n) is 11.9. The standard InChI is InChI=1S/C14H21N3O3/c1-9-12(15-8-16-13(9)20-2)17-11-7-5-3-4-6-10(11)14(18)19/h8,10-11H,3-7H2,1-2H3,(H,18,19)(H,15,16,17). The highest BCUT2D eigenvalue weighted by Gasteiger charge is 2.30. The molecule has 0 amide bonds. The molecule has 1 heterocycles. The van der Waals surface area contributed by atoms with Crippen LogP contribution >= 0.6 is 0 Å². The highest BCUT2D eigenvalue weighted by atomic mass is 16.5. The largest absolute Gasteiger partial charge is 0.481 e. The Labute approximate surface area is 118 Å². The Morgan fingerprint density at radius 1 is 1.35 bits per heavy atom. The number of carboxylic acid groups (broad SMARTS) is 1. The molecule has 0 aliphatic heterocycles. The van der Waals surface area contributed by atoms with Crippen molar-refractivity contribution in [1.29, 1.82) is 0 Å². The van der Waals surface area contributed by atoms with E-state index < -0.39 is 5.97 Å². The van der Waals surface area contributed by atoms with E-state index in [1.54, 1.807) is 7.11 Å². The second-order valence-electron chi connectivity index (χ2n) is 5.19. The second-order valence-corrected chi connectivity index (χ2v) is 5.19. The predicted molar refractivity (Wildman–Crippen MR) is 74.9 cm³/mol. The highest BCUT2D eigenvalue weighted by Crippen LogP contribution is 2.28. The summed E-state index contributed by atoms with van der Waals surface area (Å²) in [4.78, 5) is 19.7. The fourth-order valence-corrected chi connectivity index (χ4v) is 2.74. The van der Waals surface area contributed by atoms with Crippen LogP contribution in [0.5, 0.6) is 5.88 Å². The molecular weight excluding hydrogens is 258 g/mol. The van der Waals surface area contributed by atoms with Gasteiger partial charge in [0.05, 0.1) is 18.6 Å². The monoisotopic (exact) mass is 279 g/mol. The van der Waals surface area contributed by atoms with E-state index in [2.05, 4.69) is 15.3 Å². The molecule has 1 aliphatic carbocycles. The zero-order chi connectivity index (χ0) is 14.5. The number of hydrogen-bond acceptors (Lipinski definition) is 5. The molecule has 2 N–H and O–H groups in total. The number of nitrogens with one attached hydrogen (secondary N) is 1. The summed E-state index contributed by atoms with van der Waals surface area (Å²) in [5.74, 6) is 0.0823. The molecule has 1 aromatic heterocycles. The Kier molecular flexibility index (Phi) is 4.76. The molecular formula is C14H21N3O3. The lowest BCUT2D eigenvalue weighted by atomic mass is 9.95.